The molecule has 0 atom stereocenters. The molecule has 1 aromatic carbocycles. The first-order chi connectivity index (χ1) is 10.1. The van der Waals surface area contributed by atoms with Gasteiger partial charge in [0.15, 0.2) is 0 Å². The Bertz CT molecular complexity index is 454. The van der Waals surface area contributed by atoms with Crippen molar-refractivity contribution >= 4 is 17.7 Å². The van der Waals surface area contributed by atoms with Crippen LogP contribution in [-0.4, -0.2) is 11.7 Å². The molecule has 21 heavy (non-hydrogen) atoms. The van der Waals surface area contributed by atoms with Gasteiger partial charge in [0.1, 0.15) is 5.75 Å². The average molecular weight is 314 g/mol. The first-order valence-electron chi connectivity index (χ1n) is 7.35. The van der Waals surface area contributed by atoms with Crippen molar-refractivity contribution in [3.63, 3.8) is 0 Å². The Morgan fingerprint density at radius 2 is 1.86 bits per heavy atom. The molecule has 2 rings (SSSR count). The molecule has 0 saturated heterocycles. The second-order valence-electron chi connectivity index (χ2n) is 5.40. The number of benzene rings is 1. The number of hydrogen-bond donors (Lipinski definition) is 0. The first-order valence-corrected chi connectivity index (χ1v) is 8.23. The summed E-state index contributed by atoms with van der Waals surface area (Å²) in [6.45, 7) is 2.18. The highest BCUT2D eigenvalue weighted by Crippen LogP contribution is 2.32. The molecule has 0 radical (unpaired) electrons. The van der Waals surface area contributed by atoms with E-state index in [9.17, 15) is 13.6 Å². The number of hydrogen-bond acceptors (Lipinski definition) is 3. The summed E-state index contributed by atoms with van der Waals surface area (Å²) < 4.78 is 29.8. The van der Waals surface area contributed by atoms with Gasteiger partial charge in [0.25, 0.3) is 5.76 Å². The van der Waals surface area contributed by atoms with Crippen molar-refractivity contribution in [1.82, 2.24) is 0 Å². The van der Waals surface area contributed by atoms with Gasteiger partial charge in [-0.15, -0.1) is 0 Å². The van der Waals surface area contributed by atoms with E-state index in [1.165, 1.54) is 6.42 Å². The molecule has 0 unspecified atom stereocenters. The molecular weight excluding hydrogens is 294 g/mol. The third kappa shape index (κ3) is 4.99. The highest BCUT2D eigenvalue weighted by Gasteiger charge is 2.26. The number of carbonyl (C=O) groups excluding carboxylic acids is 1. The van der Waals surface area contributed by atoms with E-state index in [0.717, 1.165) is 31.6 Å². The van der Waals surface area contributed by atoms with E-state index in [4.69, 9.17) is 4.74 Å². The van der Waals surface area contributed by atoms with E-state index in [1.54, 1.807) is 24.3 Å². The van der Waals surface area contributed by atoms with Crippen molar-refractivity contribution in [2.24, 2.45) is 11.8 Å². The molecule has 0 bridgehead atoms. The van der Waals surface area contributed by atoms with Gasteiger partial charge in [-0.2, -0.15) is 8.78 Å². The third-order valence-corrected chi connectivity index (χ3v) is 4.75. The number of ether oxygens (including phenoxy) is 1. The van der Waals surface area contributed by atoms with Gasteiger partial charge < -0.3 is 4.74 Å². The van der Waals surface area contributed by atoms with Crippen LogP contribution in [0.1, 0.15) is 39.0 Å². The fourth-order valence-electron chi connectivity index (χ4n) is 2.70. The summed E-state index contributed by atoms with van der Waals surface area (Å²) in [6.07, 6.45) is 5.11. The third-order valence-electron chi connectivity index (χ3n) is 4.02. The number of carbonyl (C=O) groups is 1. The topological polar surface area (TPSA) is 26.3 Å². The number of halogens is 2. The summed E-state index contributed by atoms with van der Waals surface area (Å²) in [5, 5.41) is 0. The Morgan fingerprint density at radius 3 is 2.38 bits per heavy atom. The molecule has 116 valence electrons. The minimum absolute atomic E-state index is 0.0251. The van der Waals surface area contributed by atoms with Crippen molar-refractivity contribution in [1.29, 1.82) is 0 Å². The second-order valence-corrected chi connectivity index (χ2v) is 6.46. The van der Waals surface area contributed by atoms with Crippen LogP contribution in [0.2, 0.25) is 0 Å². The molecule has 0 heterocycles. The molecule has 1 fully saturated rings. The van der Waals surface area contributed by atoms with E-state index in [1.807, 2.05) is 0 Å². The van der Waals surface area contributed by atoms with Gasteiger partial charge in [0, 0.05) is 4.90 Å². The van der Waals surface area contributed by atoms with Crippen molar-refractivity contribution in [2.75, 3.05) is 0 Å². The van der Waals surface area contributed by atoms with Crippen LogP contribution in [0.25, 0.3) is 0 Å². The highest BCUT2D eigenvalue weighted by molar-refractivity contribution is 7.99. The molecular formula is C16H20F2O2S. The summed E-state index contributed by atoms with van der Waals surface area (Å²) in [5.41, 5.74) is 0. The lowest BCUT2D eigenvalue weighted by Gasteiger charge is -2.26. The molecule has 0 aliphatic heterocycles. The summed E-state index contributed by atoms with van der Waals surface area (Å²) in [4.78, 5) is 12.5. The van der Waals surface area contributed by atoms with Crippen LogP contribution in [0.5, 0.6) is 5.75 Å². The molecule has 0 amide bonds. The SMILES string of the molecule is CC[C@H]1CC[C@H](C(=O)Oc2ccc(SC(F)F)cc2)CC1. The molecule has 5 heteroatoms. The van der Waals surface area contributed by atoms with E-state index >= 15 is 0 Å². The number of esters is 1. The maximum Gasteiger partial charge on any atom is 0.314 e. The van der Waals surface area contributed by atoms with Crippen LogP contribution in [0, 0.1) is 11.8 Å². The van der Waals surface area contributed by atoms with Crippen LogP contribution in [0.3, 0.4) is 0 Å². The first kappa shape index (κ1) is 16.3. The Labute approximate surface area is 128 Å². The van der Waals surface area contributed by atoms with Crippen molar-refractivity contribution in [3.05, 3.63) is 24.3 Å². The zero-order valence-corrected chi connectivity index (χ0v) is 12.9. The van der Waals surface area contributed by atoms with E-state index in [0.29, 0.717) is 22.4 Å². The highest BCUT2D eigenvalue weighted by atomic mass is 32.2. The maximum absolute atomic E-state index is 12.2. The van der Waals surface area contributed by atoms with Gasteiger partial charge >= 0.3 is 5.97 Å². The number of alkyl halides is 2. The zero-order chi connectivity index (χ0) is 15.2. The standard InChI is InChI=1S/C16H20F2O2S/c1-2-11-3-5-12(6-4-11)15(19)20-13-7-9-14(10-8-13)21-16(17)18/h7-12,16H,2-6H2,1H3/t11-,12-. The average Bonchev–Trinajstić information content (AvgIpc) is 2.49. The van der Waals surface area contributed by atoms with Crippen LogP contribution in [0.4, 0.5) is 8.78 Å². The predicted octanol–water partition coefficient (Wildman–Crippen LogP) is 5.12. The van der Waals surface area contributed by atoms with E-state index in [2.05, 4.69) is 6.92 Å². The monoisotopic (exact) mass is 314 g/mol. The lowest BCUT2D eigenvalue weighted by molar-refractivity contribution is -0.140. The maximum atomic E-state index is 12.2. The smallest absolute Gasteiger partial charge is 0.314 e. The van der Waals surface area contributed by atoms with Crippen LogP contribution < -0.4 is 4.74 Å². The Balaban J connectivity index is 1.85. The summed E-state index contributed by atoms with van der Waals surface area (Å²) in [6, 6.07) is 6.24. The fourth-order valence-corrected chi connectivity index (χ4v) is 3.19. The molecule has 1 aromatic rings. The number of thioether (sulfide) groups is 1. The van der Waals surface area contributed by atoms with Crippen LogP contribution in [0.15, 0.2) is 29.2 Å². The summed E-state index contributed by atoms with van der Waals surface area (Å²) in [5.74, 6) is -1.50. The van der Waals surface area contributed by atoms with Crippen molar-refractivity contribution < 1.29 is 18.3 Å². The van der Waals surface area contributed by atoms with Gasteiger partial charge in [0.2, 0.25) is 0 Å². The lowest BCUT2D eigenvalue weighted by Crippen LogP contribution is -2.25. The van der Waals surface area contributed by atoms with Gasteiger partial charge in [0.05, 0.1) is 5.92 Å². The molecule has 0 aromatic heterocycles. The summed E-state index contributed by atoms with van der Waals surface area (Å²) in [7, 11) is 0. The molecule has 0 spiro atoms. The Morgan fingerprint density at radius 1 is 1.24 bits per heavy atom. The fraction of sp³-hybridized carbons (Fsp3) is 0.562. The Kier molecular flexibility index (Phi) is 6.03. The van der Waals surface area contributed by atoms with Gasteiger partial charge in [-0.1, -0.05) is 25.1 Å². The lowest BCUT2D eigenvalue weighted by atomic mass is 9.81. The van der Waals surface area contributed by atoms with Gasteiger partial charge in [-0.05, 0) is 55.9 Å². The minimum Gasteiger partial charge on any atom is -0.426 e. The molecule has 2 nitrogen and oxygen atoms in total. The minimum atomic E-state index is -2.44. The molecule has 1 saturated carbocycles. The number of rotatable bonds is 5. The quantitative estimate of drug-likeness (QED) is 0.428. The molecule has 0 N–H and O–H groups in total. The van der Waals surface area contributed by atoms with Crippen molar-refractivity contribution in [3.8, 4) is 5.75 Å². The van der Waals surface area contributed by atoms with Crippen LogP contribution in [-0.2, 0) is 4.79 Å². The van der Waals surface area contributed by atoms with Gasteiger partial charge in [-0.3, -0.25) is 4.79 Å². The largest absolute Gasteiger partial charge is 0.426 e. The molecule has 1 aliphatic rings. The molecule has 1 aliphatic carbocycles. The summed E-state index contributed by atoms with van der Waals surface area (Å²) >= 11 is 0.483. The zero-order valence-electron chi connectivity index (χ0n) is 12.1. The second kappa shape index (κ2) is 7.78. The van der Waals surface area contributed by atoms with Gasteiger partial charge in [-0.25, -0.2) is 0 Å². The Hall–Kier alpha value is -1.10. The normalized spacial score (nSPS) is 22.3. The van der Waals surface area contributed by atoms with E-state index in [-0.39, 0.29) is 11.9 Å². The van der Waals surface area contributed by atoms with Crippen molar-refractivity contribution in [2.45, 2.75) is 49.7 Å². The van der Waals surface area contributed by atoms with E-state index < -0.39 is 5.76 Å². The van der Waals surface area contributed by atoms with Crippen LogP contribution >= 0.6 is 11.8 Å². The predicted molar refractivity (Wildman–Crippen MR) is 79.7 cm³/mol.